The van der Waals surface area contributed by atoms with Crippen LogP contribution >= 0.6 is 0 Å². The number of fused-ring (bicyclic) bond motifs is 1. The molecular weight excluding hydrogens is 563 g/mol. The van der Waals surface area contributed by atoms with Crippen LogP contribution in [-0.2, 0) is 6.54 Å². The molecule has 1 aromatic carbocycles. The average molecular weight is 605 g/mol. The van der Waals surface area contributed by atoms with Crippen LogP contribution in [0.15, 0.2) is 48.9 Å². The fourth-order valence-electron chi connectivity index (χ4n) is 5.50. The molecule has 1 saturated heterocycles. The number of carbonyl (C=O) groups is 1. The molecule has 234 valence electrons. The van der Waals surface area contributed by atoms with Crippen LogP contribution in [0, 0.1) is 5.82 Å². The van der Waals surface area contributed by atoms with E-state index in [1.807, 2.05) is 18.2 Å². The number of hydrogen-bond acceptors (Lipinski definition) is 9. The van der Waals surface area contributed by atoms with E-state index in [1.165, 1.54) is 31.8 Å². The van der Waals surface area contributed by atoms with Gasteiger partial charge in [0, 0.05) is 56.5 Å². The van der Waals surface area contributed by atoms with Crippen LogP contribution in [0.3, 0.4) is 0 Å². The van der Waals surface area contributed by atoms with Gasteiger partial charge in [-0.3, -0.25) is 20.1 Å². The topological polar surface area (TPSA) is 121 Å². The third-order valence-corrected chi connectivity index (χ3v) is 7.74. The van der Waals surface area contributed by atoms with E-state index in [2.05, 4.69) is 49.5 Å². The number of hydrogen-bond donors (Lipinski definition) is 3. The molecule has 0 spiro atoms. The van der Waals surface area contributed by atoms with Gasteiger partial charge in [0.25, 0.3) is 5.91 Å². The van der Waals surface area contributed by atoms with Crippen molar-refractivity contribution in [2.45, 2.75) is 44.9 Å². The maximum atomic E-state index is 15.7. The van der Waals surface area contributed by atoms with Gasteiger partial charge in [-0.15, -0.1) is 0 Å². The second-order valence-corrected chi connectivity index (χ2v) is 12.1. The number of pyridine rings is 2. The third-order valence-electron chi connectivity index (χ3n) is 7.74. The Morgan fingerprint density at radius 1 is 1.18 bits per heavy atom. The molecule has 0 aliphatic carbocycles. The quantitative estimate of drug-likeness (QED) is 0.235. The van der Waals surface area contributed by atoms with E-state index in [9.17, 15) is 9.90 Å². The molecule has 0 bridgehead atoms. The summed E-state index contributed by atoms with van der Waals surface area (Å²) in [5, 5.41) is 17.2. The number of aromatic nitrogens is 4. The molecule has 1 amide bonds. The molecule has 0 saturated carbocycles. The van der Waals surface area contributed by atoms with Crippen molar-refractivity contribution in [3.8, 4) is 17.0 Å². The van der Waals surface area contributed by atoms with Crippen molar-refractivity contribution in [3.63, 3.8) is 0 Å². The number of imidazole rings is 1. The summed E-state index contributed by atoms with van der Waals surface area (Å²) in [5.41, 5.74) is 1.45. The van der Waals surface area contributed by atoms with Gasteiger partial charge in [0.1, 0.15) is 11.4 Å². The highest BCUT2D eigenvalue weighted by atomic mass is 19.1. The maximum absolute atomic E-state index is 15.7. The number of anilines is 2. The number of methoxy groups -OCH3 is 1. The minimum absolute atomic E-state index is 0.0473. The average Bonchev–Trinajstić information content (AvgIpc) is 3.31. The molecule has 5 rings (SSSR count). The SMILES string of the molecule is COc1ccncc1-c1nccc(C(=O)Nc2nc3ccc(N4CCC(NCCN(C)C)CC4)cc3n2CC(C)(C)O)c1F. The van der Waals surface area contributed by atoms with Crippen molar-refractivity contribution in [1.82, 2.24) is 29.7 Å². The largest absolute Gasteiger partial charge is 0.496 e. The standard InChI is InChI=1S/C32H41FN8O3/c1-32(2,43)20-41-26-18-22(40-15-10-21(11-16-40)35-14-17-39(3)4)6-7-25(26)37-31(41)38-30(42)23-8-13-36-29(28(23)33)24-19-34-12-9-27(24)44-5/h6-9,12-13,18-19,21,35,43H,10-11,14-17,20H2,1-5H3,(H,37,38,42). The molecule has 0 unspecified atom stereocenters. The molecular formula is C32H41FN8O3. The highest BCUT2D eigenvalue weighted by Gasteiger charge is 2.25. The normalized spacial score (nSPS) is 14.4. The van der Waals surface area contributed by atoms with Gasteiger partial charge in [-0.25, -0.2) is 9.37 Å². The monoisotopic (exact) mass is 604 g/mol. The van der Waals surface area contributed by atoms with Gasteiger partial charge < -0.3 is 29.5 Å². The molecule has 44 heavy (non-hydrogen) atoms. The first kappa shape index (κ1) is 31.3. The fourth-order valence-corrected chi connectivity index (χ4v) is 5.50. The summed E-state index contributed by atoms with van der Waals surface area (Å²) in [4.78, 5) is 30.9. The molecule has 0 radical (unpaired) electrons. The number of aliphatic hydroxyl groups is 1. The van der Waals surface area contributed by atoms with Crippen molar-refractivity contribution in [2.24, 2.45) is 0 Å². The lowest BCUT2D eigenvalue weighted by Gasteiger charge is -2.34. The number of carbonyl (C=O) groups excluding carboxylic acids is 1. The number of ether oxygens (including phenoxy) is 1. The molecule has 3 aromatic heterocycles. The van der Waals surface area contributed by atoms with E-state index in [-0.39, 0.29) is 23.8 Å². The minimum atomic E-state index is -1.11. The van der Waals surface area contributed by atoms with Gasteiger partial charge in [0.05, 0.1) is 41.4 Å². The van der Waals surface area contributed by atoms with Crippen molar-refractivity contribution in [2.75, 3.05) is 57.6 Å². The van der Waals surface area contributed by atoms with Gasteiger partial charge in [-0.05, 0) is 71.1 Å². The lowest BCUT2D eigenvalue weighted by atomic mass is 10.0. The van der Waals surface area contributed by atoms with Gasteiger partial charge in [0.15, 0.2) is 5.82 Å². The zero-order valence-corrected chi connectivity index (χ0v) is 26.0. The van der Waals surface area contributed by atoms with Crippen LogP contribution in [0.25, 0.3) is 22.3 Å². The second-order valence-electron chi connectivity index (χ2n) is 12.1. The Labute approximate surface area is 257 Å². The zero-order chi connectivity index (χ0) is 31.4. The molecule has 4 aromatic rings. The van der Waals surface area contributed by atoms with Crippen molar-refractivity contribution in [3.05, 3.63) is 60.3 Å². The van der Waals surface area contributed by atoms with E-state index in [1.54, 1.807) is 24.5 Å². The van der Waals surface area contributed by atoms with Gasteiger partial charge in [0.2, 0.25) is 5.95 Å². The van der Waals surface area contributed by atoms with Gasteiger partial charge >= 0.3 is 0 Å². The Morgan fingerprint density at radius 3 is 2.66 bits per heavy atom. The molecule has 12 heteroatoms. The number of nitrogens with zero attached hydrogens (tertiary/aromatic N) is 6. The van der Waals surface area contributed by atoms with Crippen molar-refractivity contribution in [1.29, 1.82) is 0 Å². The van der Waals surface area contributed by atoms with E-state index in [0.29, 0.717) is 22.9 Å². The van der Waals surface area contributed by atoms with Crippen LogP contribution in [0.2, 0.25) is 0 Å². The van der Waals surface area contributed by atoms with Crippen LogP contribution in [0.1, 0.15) is 37.0 Å². The summed E-state index contributed by atoms with van der Waals surface area (Å²) in [6, 6.07) is 9.40. The van der Waals surface area contributed by atoms with E-state index >= 15 is 4.39 Å². The van der Waals surface area contributed by atoms with Crippen LogP contribution in [-0.4, -0.2) is 94.5 Å². The van der Waals surface area contributed by atoms with Crippen LogP contribution in [0.4, 0.5) is 16.0 Å². The second kappa shape index (κ2) is 13.2. The number of rotatable bonds is 11. The molecule has 0 atom stereocenters. The summed E-state index contributed by atoms with van der Waals surface area (Å²) >= 11 is 0. The van der Waals surface area contributed by atoms with E-state index < -0.39 is 17.3 Å². The van der Waals surface area contributed by atoms with Crippen LogP contribution in [0.5, 0.6) is 5.75 Å². The summed E-state index contributed by atoms with van der Waals surface area (Å²) in [6.45, 7) is 7.36. The molecule has 11 nitrogen and oxygen atoms in total. The highest BCUT2D eigenvalue weighted by Crippen LogP contribution is 2.32. The minimum Gasteiger partial charge on any atom is -0.496 e. The molecule has 1 aliphatic heterocycles. The lowest BCUT2D eigenvalue weighted by Crippen LogP contribution is -2.44. The number of nitrogens with one attached hydrogen (secondary N) is 2. The molecule has 4 heterocycles. The first-order valence-electron chi connectivity index (χ1n) is 14.8. The smallest absolute Gasteiger partial charge is 0.261 e. The predicted molar refractivity (Wildman–Crippen MR) is 170 cm³/mol. The number of benzene rings is 1. The molecule has 3 N–H and O–H groups in total. The van der Waals surface area contributed by atoms with Crippen molar-refractivity contribution >= 4 is 28.6 Å². The zero-order valence-electron chi connectivity index (χ0n) is 26.0. The summed E-state index contributed by atoms with van der Waals surface area (Å²) in [5.74, 6) is -0.893. The number of likely N-dealkylation sites (N-methyl/N-ethyl adjacent to an activating group) is 1. The van der Waals surface area contributed by atoms with Gasteiger partial charge in [-0.1, -0.05) is 0 Å². The Kier molecular flexibility index (Phi) is 9.42. The summed E-state index contributed by atoms with van der Waals surface area (Å²) < 4.78 is 22.8. The number of piperidine rings is 1. The fraction of sp³-hybridized carbons (Fsp3) is 0.438. The Hall–Kier alpha value is -4.13. The molecule has 1 fully saturated rings. The molecule has 1 aliphatic rings. The summed E-state index contributed by atoms with van der Waals surface area (Å²) in [6.07, 6.45) is 6.42. The van der Waals surface area contributed by atoms with E-state index in [4.69, 9.17) is 4.74 Å². The predicted octanol–water partition coefficient (Wildman–Crippen LogP) is 3.78. The first-order chi connectivity index (χ1) is 21.0. The third kappa shape index (κ3) is 7.15. The Morgan fingerprint density at radius 2 is 1.95 bits per heavy atom. The number of halogens is 1. The van der Waals surface area contributed by atoms with Crippen LogP contribution < -0.4 is 20.3 Å². The number of amides is 1. The summed E-state index contributed by atoms with van der Waals surface area (Å²) in [7, 11) is 5.63. The Bertz CT molecular complexity index is 1610. The lowest BCUT2D eigenvalue weighted by molar-refractivity contribution is 0.0630. The first-order valence-corrected chi connectivity index (χ1v) is 14.8. The van der Waals surface area contributed by atoms with Gasteiger partial charge in [-0.2, -0.15) is 0 Å². The van der Waals surface area contributed by atoms with Crippen molar-refractivity contribution < 1.29 is 19.0 Å². The Balaban J connectivity index is 1.40. The highest BCUT2D eigenvalue weighted by molar-refractivity contribution is 6.05. The maximum Gasteiger partial charge on any atom is 0.261 e. The van der Waals surface area contributed by atoms with E-state index in [0.717, 1.165) is 50.2 Å².